The Bertz CT molecular complexity index is 541. The Labute approximate surface area is 137 Å². The van der Waals surface area contributed by atoms with Gasteiger partial charge in [-0.15, -0.1) is 0 Å². The Morgan fingerprint density at radius 1 is 1.09 bits per heavy atom. The van der Waals surface area contributed by atoms with Gasteiger partial charge in [0.1, 0.15) is 6.04 Å². The lowest BCUT2D eigenvalue weighted by molar-refractivity contribution is -0.122. The molecule has 3 rings (SSSR count). The SMILES string of the molecule is C[C@@H](Nc1ccc2c(c1)OCCCO2)C(=O)NC1CCCCC1. The molecule has 1 aromatic carbocycles. The first-order valence-electron chi connectivity index (χ1n) is 8.69. The van der Waals surface area contributed by atoms with E-state index in [1.807, 2.05) is 25.1 Å². The molecule has 0 unspecified atom stereocenters. The highest BCUT2D eigenvalue weighted by Crippen LogP contribution is 2.32. The van der Waals surface area contributed by atoms with E-state index < -0.39 is 0 Å². The van der Waals surface area contributed by atoms with Crippen LogP contribution < -0.4 is 20.1 Å². The molecule has 2 N–H and O–H groups in total. The molecular formula is C18H26N2O3. The molecule has 0 spiro atoms. The molecule has 2 aliphatic rings. The summed E-state index contributed by atoms with van der Waals surface area (Å²) in [6, 6.07) is 5.79. The lowest BCUT2D eigenvalue weighted by Gasteiger charge is -2.25. The van der Waals surface area contributed by atoms with Crippen molar-refractivity contribution in [1.82, 2.24) is 5.32 Å². The zero-order valence-electron chi connectivity index (χ0n) is 13.8. The van der Waals surface area contributed by atoms with E-state index in [-0.39, 0.29) is 11.9 Å². The monoisotopic (exact) mass is 318 g/mol. The predicted octanol–water partition coefficient (Wildman–Crippen LogP) is 3.10. The topological polar surface area (TPSA) is 59.6 Å². The van der Waals surface area contributed by atoms with Gasteiger partial charge in [0.05, 0.1) is 13.2 Å². The molecule has 5 nitrogen and oxygen atoms in total. The van der Waals surface area contributed by atoms with Crippen LogP contribution in [0.5, 0.6) is 11.5 Å². The van der Waals surface area contributed by atoms with E-state index in [9.17, 15) is 4.79 Å². The van der Waals surface area contributed by atoms with Crippen molar-refractivity contribution in [2.45, 2.75) is 57.5 Å². The molecule has 0 saturated heterocycles. The first-order valence-corrected chi connectivity index (χ1v) is 8.69. The zero-order chi connectivity index (χ0) is 16.1. The van der Waals surface area contributed by atoms with Gasteiger partial charge in [-0.05, 0) is 31.9 Å². The number of benzene rings is 1. The van der Waals surface area contributed by atoms with Crippen molar-refractivity contribution in [2.75, 3.05) is 18.5 Å². The molecule has 1 saturated carbocycles. The molecule has 23 heavy (non-hydrogen) atoms. The number of hydrogen-bond acceptors (Lipinski definition) is 4. The number of carbonyl (C=O) groups is 1. The summed E-state index contributed by atoms with van der Waals surface area (Å²) in [6.07, 6.45) is 6.81. The Morgan fingerprint density at radius 3 is 2.61 bits per heavy atom. The smallest absolute Gasteiger partial charge is 0.242 e. The highest BCUT2D eigenvalue weighted by atomic mass is 16.5. The Morgan fingerprint density at radius 2 is 1.83 bits per heavy atom. The first-order chi connectivity index (χ1) is 11.2. The van der Waals surface area contributed by atoms with Crippen molar-refractivity contribution >= 4 is 11.6 Å². The molecule has 1 aliphatic heterocycles. The standard InChI is InChI=1S/C18H26N2O3/c1-13(18(21)20-14-6-3-2-4-7-14)19-15-8-9-16-17(12-15)23-11-5-10-22-16/h8-9,12-14,19H,2-7,10-11H2,1H3,(H,20,21)/t13-/m1/s1. The largest absolute Gasteiger partial charge is 0.490 e. The number of hydrogen-bond donors (Lipinski definition) is 2. The fourth-order valence-corrected chi connectivity index (χ4v) is 3.14. The van der Waals surface area contributed by atoms with E-state index in [1.54, 1.807) is 0 Å². The molecule has 1 atom stereocenters. The van der Waals surface area contributed by atoms with Crippen LogP contribution in [0.25, 0.3) is 0 Å². The number of anilines is 1. The quantitative estimate of drug-likeness (QED) is 0.895. The summed E-state index contributed by atoms with van der Waals surface area (Å²) in [5.74, 6) is 1.57. The summed E-state index contributed by atoms with van der Waals surface area (Å²) in [5, 5.41) is 6.41. The van der Waals surface area contributed by atoms with Crippen LogP contribution in [0.2, 0.25) is 0 Å². The van der Waals surface area contributed by atoms with Crippen LogP contribution in [0.3, 0.4) is 0 Å². The summed E-state index contributed by atoms with van der Waals surface area (Å²) in [5.41, 5.74) is 0.876. The highest BCUT2D eigenvalue weighted by molar-refractivity contribution is 5.84. The minimum atomic E-state index is -0.276. The molecule has 5 heteroatoms. The van der Waals surface area contributed by atoms with Crippen molar-refractivity contribution < 1.29 is 14.3 Å². The fraction of sp³-hybridized carbons (Fsp3) is 0.611. The Balaban J connectivity index is 1.57. The van der Waals surface area contributed by atoms with Gasteiger partial charge in [-0.25, -0.2) is 0 Å². The second-order valence-electron chi connectivity index (χ2n) is 6.42. The molecular weight excluding hydrogens is 292 g/mol. The van der Waals surface area contributed by atoms with Crippen molar-refractivity contribution in [2.24, 2.45) is 0 Å². The van der Waals surface area contributed by atoms with Gasteiger partial charge < -0.3 is 20.1 Å². The first kappa shape index (κ1) is 16.0. The second-order valence-corrected chi connectivity index (χ2v) is 6.42. The highest BCUT2D eigenvalue weighted by Gasteiger charge is 2.20. The normalized spacial score (nSPS) is 19.5. The van der Waals surface area contributed by atoms with Gasteiger partial charge in [0.15, 0.2) is 11.5 Å². The summed E-state index contributed by atoms with van der Waals surface area (Å²) >= 11 is 0. The summed E-state index contributed by atoms with van der Waals surface area (Å²) in [6.45, 7) is 3.23. The van der Waals surface area contributed by atoms with Crippen LogP contribution in [0.4, 0.5) is 5.69 Å². The van der Waals surface area contributed by atoms with Crippen molar-refractivity contribution in [3.8, 4) is 11.5 Å². The third-order valence-electron chi connectivity index (χ3n) is 4.48. The average Bonchev–Trinajstić information content (AvgIpc) is 2.80. The van der Waals surface area contributed by atoms with E-state index in [4.69, 9.17) is 9.47 Å². The Hall–Kier alpha value is -1.91. The van der Waals surface area contributed by atoms with Gasteiger partial charge >= 0.3 is 0 Å². The van der Waals surface area contributed by atoms with Crippen molar-refractivity contribution in [1.29, 1.82) is 0 Å². The van der Waals surface area contributed by atoms with Crippen LogP contribution in [0.1, 0.15) is 45.4 Å². The van der Waals surface area contributed by atoms with Crippen molar-refractivity contribution in [3.63, 3.8) is 0 Å². The maximum absolute atomic E-state index is 12.3. The van der Waals surface area contributed by atoms with Crippen LogP contribution >= 0.6 is 0 Å². The molecule has 1 aliphatic carbocycles. The summed E-state index contributed by atoms with van der Waals surface area (Å²) < 4.78 is 11.3. The zero-order valence-corrected chi connectivity index (χ0v) is 13.8. The van der Waals surface area contributed by atoms with E-state index in [0.29, 0.717) is 19.3 Å². The maximum atomic E-state index is 12.3. The van der Waals surface area contributed by atoms with E-state index in [0.717, 1.165) is 36.4 Å². The minimum absolute atomic E-state index is 0.0593. The fourth-order valence-electron chi connectivity index (χ4n) is 3.14. The lowest BCUT2D eigenvalue weighted by atomic mass is 9.95. The molecule has 1 fully saturated rings. The van der Waals surface area contributed by atoms with Crippen LogP contribution in [-0.2, 0) is 4.79 Å². The number of nitrogens with one attached hydrogen (secondary N) is 2. The van der Waals surface area contributed by atoms with Crippen LogP contribution in [-0.4, -0.2) is 31.2 Å². The average molecular weight is 318 g/mol. The number of rotatable bonds is 4. The molecule has 1 aromatic rings. The minimum Gasteiger partial charge on any atom is -0.490 e. The van der Waals surface area contributed by atoms with Crippen LogP contribution in [0.15, 0.2) is 18.2 Å². The van der Waals surface area contributed by atoms with E-state index in [1.165, 1.54) is 19.3 Å². The third-order valence-corrected chi connectivity index (χ3v) is 4.48. The molecule has 126 valence electrons. The van der Waals surface area contributed by atoms with E-state index in [2.05, 4.69) is 10.6 Å². The van der Waals surface area contributed by atoms with Gasteiger partial charge in [0.25, 0.3) is 0 Å². The Kier molecular flexibility index (Phi) is 5.26. The molecule has 1 amide bonds. The second kappa shape index (κ2) is 7.57. The summed E-state index contributed by atoms with van der Waals surface area (Å²) in [7, 11) is 0. The lowest BCUT2D eigenvalue weighted by Crippen LogP contribution is -2.44. The maximum Gasteiger partial charge on any atom is 0.242 e. The van der Waals surface area contributed by atoms with Crippen molar-refractivity contribution in [3.05, 3.63) is 18.2 Å². The van der Waals surface area contributed by atoms with Crippen LogP contribution in [0, 0.1) is 0 Å². The molecule has 0 radical (unpaired) electrons. The molecule has 0 bridgehead atoms. The summed E-state index contributed by atoms with van der Waals surface area (Å²) in [4.78, 5) is 12.3. The van der Waals surface area contributed by atoms with Gasteiger partial charge in [-0.2, -0.15) is 0 Å². The number of amides is 1. The van der Waals surface area contributed by atoms with Gasteiger partial charge in [0.2, 0.25) is 5.91 Å². The predicted molar refractivity (Wildman–Crippen MR) is 90.1 cm³/mol. The number of fused-ring (bicyclic) bond motifs is 1. The third kappa shape index (κ3) is 4.30. The number of carbonyl (C=O) groups excluding carboxylic acids is 1. The number of ether oxygens (including phenoxy) is 2. The van der Waals surface area contributed by atoms with Gasteiger partial charge in [-0.1, -0.05) is 19.3 Å². The van der Waals surface area contributed by atoms with Gasteiger partial charge in [-0.3, -0.25) is 4.79 Å². The van der Waals surface area contributed by atoms with Gasteiger partial charge in [0, 0.05) is 24.2 Å². The van der Waals surface area contributed by atoms with E-state index >= 15 is 0 Å². The molecule has 1 heterocycles. The molecule has 0 aromatic heterocycles.